The molecule has 1 rings (SSSR count). The van der Waals surface area contributed by atoms with E-state index in [1.807, 2.05) is 0 Å². The van der Waals surface area contributed by atoms with Gasteiger partial charge < -0.3 is 15.0 Å². The van der Waals surface area contributed by atoms with E-state index in [4.69, 9.17) is 0 Å². The Morgan fingerprint density at radius 1 is 1.37 bits per heavy atom. The molecular formula is C11H17F3N2O3. The van der Waals surface area contributed by atoms with E-state index in [1.54, 1.807) is 0 Å². The number of amides is 2. The number of piperidine rings is 1. The highest BCUT2D eigenvalue weighted by Crippen LogP contribution is 2.14. The third-order valence-corrected chi connectivity index (χ3v) is 2.59. The Bertz CT molecular complexity index is 321. The molecule has 2 amide bonds. The molecule has 5 nitrogen and oxygen atoms in total. The molecule has 1 aliphatic heterocycles. The van der Waals surface area contributed by atoms with Gasteiger partial charge in [-0.3, -0.25) is 9.59 Å². The standard InChI is InChI=1S/C11H17F3N2O3/c12-11(13,14)8-19-6-4-15-9(17)7-16-5-2-1-3-10(16)18/h1-8H2,(H,15,17). The summed E-state index contributed by atoms with van der Waals surface area (Å²) in [6.07, 6.45) is -2.21. The van der Waals surface area contributed by atoms with Crippen LogP contribution in [0.1, 0.15) is 19.3 Å². The van der Waals surface area contributed by atoms with Gasteiger partial charge in [0.05, 0.1) is 13.2 Å². The lowest BCUT2D eigenvalue weighted by molar-refractivity contribution is -0.173. The maximum absolute atomic E-state index is 11.7. The second-order valence-electron chi connectivity index (χ2n) is 4.29. The zero-order valence-corrected chi connectivity index (χ0v) is 10.5. The molecule has 0 atom stereocenters. The predicted octanol–water partition coefficient (Wildman–Crippen LogP) is 0.694. The maximum Gasteiger partial charge on any atom is 0.411 e. The molecule has 0 bridgehead atoms. The summed E-state index contributed by atoms with van der Waals surface area (Å²) in [5, 5.41) is 2.41. The average Bonchev–Trinajstić information content (AvgIpc) is 2.30. The van der Waals surface area contributed by atoms with Crippen LogP contribution in [0, 0.1) is 0 Å². The fourth-order valence-electron chi connectivity index (χ4n) is 1.71. The molecule has 1 heterocycles. The number of nitrogens with one attached hydrogen (secondary N) is 1. The fraction of sp³-hybridized carbons (Fsp3) is 0.818. The topological polar surface area (TPSA) is 58.6 Å². The van der Waals surface area contributed by atoms with Gasteiger partial charge in [-0.05, 0) is 12.8 Å². The Balaban J connectivity index is 2.09. The normalized spacial score (nSPS) is 16.6. The second-order valence-corrected chi connectivity index (χ2v) is 4.29. The lowest BCUT2D eigenvalue weighted by Crippen LogP contribution is -2.43. The number of hydrogen-bond acceptors (Lipinski definition) is 3. The highest BCUT2D eigenvalue weighted by atomic mass is 19.4. The summed E-state index contributed by atoms with van der Waals surface area (Å²) in [6.45, 7) is -1.03. The van der Waals surface area contributed by atoms with Crippen LogP contribution in [0.25, 0.3) is 0 Å². The summed E-state index contributed by atoms with van der Waals surface area (Å²) in [5.41, 5.74) is 0. The first kappa shape index (κ1) is 15.7. The predicted molar refractivity (Wildman–Crippen MR) is 60.3 cm³/mol. The summed E-state index contributed by atoms with van der Waals surface area (Å²) < 4.78 is 39.6. The molecular weight excluding hydrogens is 265 g/mol. The zero-order chi connectivity index (χ0) is 14.3. The van der Waals surface area contributed by atoms with Gasteiger partial charge in [-0.2, -0.15) is 13.2 Å². The van der Waals surface area contributed by atoms with Crippen molar-refractivity contribution >= 4 is 11.8 Å². The van der Waals surface area contributed by atoms with Crippen molar-refractivity contribution < 1.29 is 27.5 Å². The van der Waals surface area contributed by atoms with Crippen molar-refractivity contribution in [3.05, 3.63) is 0 Å². The van der Waals surface area contributed by atoms with Crippen molar-refractivity contribution in [3.63, 3.8) is 0 Å². The Morgan fingerprint density at radius 2 is 2.11 bits per heavy atom. The van der Waals surface area contributed by atoms with Gasteiger partial charge in [-0.1, -0.05) is 0 Å². The molecule has 0 unspecified atom stereocenters. The van der Waals surface area contributed by atoms with E-state index in [9.17, 15) is 22.8 Å². The van der Waals surface area contributed by atoms with Gasteiger partial charge in [-0.25, -0.2) is 0 Å². The van der Waals surface area contributed by atoms with Crippen LogP contribution in [0.2, 0.25) is 0 Å². The number of hydrogen-bond donors (Lipinski definition) is 1. The van der Waals surface area contributed by atoms with E-state index in [0.29, 0.717) is 13.0 Å². The highest BCUT2D eigenvalue weighted by molar-refractivity contribution is 5.85. The van der Waals surface area contributed by atoms with E-state index in [2.05, 4.69) is 10.1 Å². The summed E-state index contributed by atoms with van der Waals surface area (Å²) in [4.78, 5) is 24.3. The van der Waals surface area contributed by atoms with Crippen LogP contribution in [-0.4, -0.2) is 55.7 Å². The highest BCUT2D eigenvalue weighted by Gasteiger charge is 2.27. The largest absolute Gasteiger partial charge is 0.411 e. The first-order valence-electron chi connectivity index (χ1n) is 6.07. The van der Waals surface area contributed by atoms with Gasteiger partial charge in [0.25, 0.3) is 0 Å². The van der Waals surface area contributed by atoms with Gasteiger partial charge in [0.2, 0.25) is 11.8 Å². The number of likely N-dealkylation sites (tertiary alicyclic amines) is 1. The first-order chi connectivity index (χ1) is 8.88. The van der Waals surface area contributed by atoms with Gasteiger partial charge in [0.15, 0.2) is 0 Å². The van der Waals surface area contributed by atoms with Crippen LogP contribution in [-0.2, 0) is 14.3 Å². The van der Waals surface area contributed by atoms with E-state index < -0.39 is 12.8 Å². The van der Waals surface area contributed by atoms with Crippen LogP contribution in [0.5, 0.6) is 0 Å². The summed E-state index contributed by atoms with van der Waals surface area (Å²) in [5.74, 6) is -0.444. The van der Waals surface area contributed by atoms with Gasteiger partial charge in [0.1, 0.15) is 6.61 Å². The zero-order valence-electron chi connectivity index (χ0n) is 10.5. The molecule has 0 aliphatic carbocycles. The molecule has 1 aliphatic rings. The quantitative estimate of drug-likeness (QED) is 0.729. The Morgan fingerprint density at radius 3 is 2.74 bits per heavy atom. The molecule has 1 N–H and O–H groups in total. The van der Waals surface area contributed by atoms with E-state index >= 15 is 0 Å². The number of carbonyl (C=O) groups excluding carboxylic acids is 2. The lowest BCUT2D eigenvalue weighted by atomic mass is 10.1. The van der Waals surface area contributed by atoms with E-state index in [0.717, 1.165) is 12.8 Å². The number of alkyl halides is 3. The molecule has 0 saturated carbocycles. The third-order valence-electron chi connectivity index (χ3n) is 2.59. The smallest absolute Gasteiger partial charge is 0.370 e. The maximum atomic E-state index is 11.7. The van der Waals surface area contributed by atoms with Crippen molar-refractivity contribution in [1.29, 1.82) is 0 Å². The first-order valence-corrected chi connectivity index (χ1v) is 6.07. The van der Waals surface area contributed by atoms with Gasteiger partial charge >= 0.3 is 6.18 Å². The summed E-state index contributed by atoms with van der Waals surface area (Å²) >= 11 is 0. The molecule has 0 aromatic heterocycles. The summed E-state index contributed by atoms with van der Waals surface area (Å²) in [6, 6.07) is 0. The fourth-order valence-corrected chi connectivity index (χ4v) is 1.71. The Hall–Kier alpha value is -1.31. The third kappa shape index (κ3) is 7.00. The SMILES string of the molecule is O=C(CN1CCCCC1=O)NCCOCC(F)(F)F. The molecule has 0 spiro atoms. The number of carbonyl (C=O) groups is 2. The molecule has 110 valence electrons. The average molecular weight is 282 g/mol. The minimum Gasteiger partial charge on any atom is -0.370 e. The Labute approximate surface area is 109 Å². The van der Waals surface area contributed by atoms with Crippen LogP contribution < -0.4 is 5.32 Å². The number of halogens is 3. The van der Waals surface area contributed by atoms with Crippen molar-refractivity contribution in [2.45, 2.75) is 25.4 Å². The molecule has 0 aromatic rings. The minimum absolute atomic E-state index is 0.00303. The summed E-state index contributed by atoms with van der Waals surface area (Å²) in [7, 11) is 0. The molecule has 1 fully saturated rings. The Kier molecular flexibility index (Phi) is 6.07. The number of rotatable bonds is 6. The number of ether oxygens (including phenoxy) is 1. The van der Waals surface area contributed by atoms with Crippen molar-refractivity contribution in [2.24, 2.45) is 0 Å². The molecule has 8 heteroatoms. The van der Waals surface area contributed by atoms with Gasteiger partial charge in [-0.15, -0.1) is 0 Å². The van der Waals surface area contributed by atoms with Crippen molar-refractivity contribution in [3.8, 4) is 0 Å². The number of nitrogens with zero attached hydrogens (tertiary/aromatic N) is 1. The van der Waals surface area contributed by atoms with E-state index in [1.165, 1.54) is 4.90 Å². The molecule has 1 saturated heterocycles. The van der Waals surface area contributed by atoms with Crippen LogP contribution in [0.4, 0.5) is 13.2 Å². The van der Waals surface area contributed by atoms with E-state index in [-0.39, 0.29) is 31.5 Å². The molecule has 19 heavy (non-hydrogen) atoms. The molecule has 0 radical (unpaired) electrons. The van der Waals surface area contributed by atoms with Crippen LogP contribution in [0.15, 0.2) is 0 Å². The van der Waals surface area contributed by atoms with Crippen molar-refractivity contribution in [1.82, 2.24) is 10.2 Å². The second kappa shape index (κ2) is 7.32. The van der Waals surface area contributed by atoms with Crippen molar-refractivity contribution in [2.75, 3.05) is 32.8 Å². The van der Waals surface area contributed by atoms with Gasteiger partial charge in [0, 0.05) is 19.5 Å². The monoisotopic (exact) mass is 282 g/mol. The molecule has 0 aromatic carbocycles. The minimum atomic E-state index is -4.36. The van der Waals surface area contributed by atoms with Crippen LogP contribution >= 0.6 is 0 Å². The lowest BCUT2D eigenvalue weighted by Gasteiger charge is -2.25. The van der Waals surface area contributed by atoms with Crippen LogP contribution in [0.3, 0.4) is 0 Å².